The summed E-state index contributed by atoms with van der Waals surface area (Å²) in [5.41, 5.74) is 1.29. The Morgan fingerprint density at radius 3 is 2.84 bits per heavy atom. The molecule has 128 valence electrons. The number of nitrogens with one attached hydrogen (secondary N) is 1. The van der Waals surface area contributed by atoms with Gasteiger partial charge in [0.05, 0.1) is 19.3 Å². The zero-order valence-corrected chi connectivity index (χ0v) is 14.7. The summed E-state index contributed by atoms with van der Waals surface area (Å²) in [6, 6.07) is 14.5. The molecule has 3 rings (SSSR count). The van der Waals surface area contributed by atoms with E-state index in [0.29, 0.717) is 28.9 Å². The van der Waals surface area contributed by atoms with Crippen molar-refractivity contribution in [3.63, 3.8) is 0 Å². The van der Waals surface area contributed by atoms with Crippen LogP contribution in [0.25, 0.3) is 11.4 Å². The van der Waals surface area contributed by atoms with Gasteiger partial charge in [0.1, 0.15) is 11.5 Å². The van der Waals surface area contributed by atoms with Crippen molar-refractivity contribution in [3.8, 4) is 22.9 Å². The molecule has 0 atom stereocenters. The number of rotatable bonds is 6. The first kappa shape index (κ1) is 16.9. The molecule has 1 amide bonds. The van der Waals surface area contributed by atoms with E-state index in [1.165, 1.54) is 0 Å². The molecular formula is C18H17N3O3S. The number of nitrogens with zero attached hydrogens (tertiary/aromatic N) is 2. The highest BCUT2D eigenvalue weighted by Crippen LogP contribution is 2.25. The Balaban J connectivity index is 1.78. The second-order valence-corrected chi connectivity index (χ2v) is 5.79. The molecule has 7 heteroatoms. The third-order valence-corrected chi connectivity index (χ3v) is 4.04. The van der Waals surface area contributed by atoms with Crippen LogP contribution in [-0.4, -0.2) is 29.0 Å². The van der Waals surface area contributed by atoms with Gasteiger partial charge in [0.2, 0.25) is 5.13 Å². The number of para-hydroxylation sites is 1. The van der Waals surface area contributed by atoms with Gasteiger partial charge in [-0.15, -0.1) is 0 Å². The second kappa shape index (κ2) is 7.76. The first-order valence-corrected chi connectivity index (χ1v) is 8.50. The molecule has 1 heterocycles. The predicted octanol–water partition coefficient (Wildman–Crippen LogP) is 3.86. The summed E-state index contributed by atoms with van der Waals surface area (Å²) in [5, 5.41) is 3.20. The SMILES string of the molecule is CCOc1ccccc1C(=O)Nc1nc(-c2cccc(OC)c2)ns1. The summed E-state index contributed by atoms with van der Waals surface area (Å²) in [6.45, 7) is 2.36. The van der Waals surface area contributed by atoms with Crippen LogP contribution in [0.1, 0.15) is 17.3 Å². The molecular weight excluding hydrogens is 338 g/mol. The smallest absolute Gasteiger partial charge is 0.261 e. The van der Waals surface area contributed by atoms with E-state index in [4.69, 9.17) is 9.47 Å². The molecule has 0 aliphatic heterocycles. The lowest BCUT2D eigenvalue weighted by Crippen LogP contribution is -2.13. The lowest BCUT2D eigenvalue weighted by atomic mass is 10.2. The molecule has 0 aliphatic carbocycles. The van der Waals surface area contributed by atoms with Gasteiger partial charge < -0.3 is 9.47 Å². The topological polar surface area (TPSA) is 73.3 Å². The minimum Gasteiger partial charge on any atom is -0.497 e. The van der Waals surface area contributed by atoms with Crippen molar-refractivity contribution >= 4 is 22.6 Å². The molecule has 3 aromatic rings. The number of ether oxygens (including phenoxy) is 2. The molecule has 0 radical (unpaired) electrons. The second-order valence-electron chi connectivity index (χ2n) is 5.04. The van der Waals surface area contributed by atoms with Gasteiger partial charge in [-0.25, -0.2) is 0 Å². The molecule has 1 aromatic heterocycles. The highest BCUT2D eigenvalue weighted by molar-refractivity contribution is 7.10. The minimum absolute atomic E-state index is 0.280. The van der Waals surface area contributed by atoms with Crippen molar-refractivity contribution in [2.75, 3.05) is 19.0 Å². The fraction of sp³-hybridized carbons (Fsp3) is 0.167. The fourth-order valence-corrected chi connectivity index (χ4v) is 2.84. The number of aromatic nitrogens is 2. The number of anilines is 1. The summed E-state index contributed by atoms with van der Waals surface area (Å²) >= 11 is 1.13. The average Bonchev–Trinajstić information content (AvgIpc) is 3.11. The van der Waals surface area contributed by atoms with Crippen LogP contribution in [0, 0.1) is 0 Å². The molecule has 0 bridgehead atoms. The molecule has 0 saturated carbocycles. The van der Waals surface area contributed by atoms with Crippen LogP contribution in [0.5, 0.6) is 11.5 Å². The Bertz CT molecular complexity index is 879. The van der Waals surface area contributed by atoms with Gasteiger partial charge in [0.25, 0.3) is 5.91 Å². The predicted molar refractivity (Wildman–Crippen MR) is 97.5 cm³/mol. The lowest BCUT2D eigenvalue weighted by Gasteiger charge is -2.08. The average molecular weight is 355 g/mol. The van der Waals surface area contributed by atoms with Crippen LogP contribution < -0.4 is 14.8 Å². The maximum absolute atomic E-state index is 12.5. The van der Waals surface area contributed by atoms with Crippen LogP contribution >= 0.6 is 11.5 Å². The van der Waals surface area contributed by atoms with E-state index in [1.54, 1.807) is 25.3 Å². The van der Waals surface area contributed by atoms with Crippen molar-refractivity contribution in [2.45, 2.75) is 6.92 Å². The standard InChI is InChI=1S/C18H17N3O3S/c1-3-24-15-10-5-4-9-14(15)17(22)20-18-19-16(21-25-18)12-7-6-8-13(11-12)23-2/h4-11H,3H2,1-2H3,(H,19,20,21,22). The number of carbonyl (C=O) groups excluding carboxylic acids is 1. The Labute approximate surface area is 149 Å². The van der Waals surface area contributed by atoms with E-state index in [2.05, 4.69) is 14.7 Å². The highest BCUT2D eigenvalue weighted by Gasteiger charge is 2.15. The maximum Gasteiger partial charge on any atom is 0.261 e. The Hall–Kier alpha value is -2.93. The van der Waals surface area contributed by atoms with Gasteiger partial charge in [-0.05, 0) is 31.2 Å². The van der Waals surface area contributed by atoms with Crippen molar-refractivity contribution in [1.29, 1.82) is 0 Å². The largest absolute Gasteiger partial charge is 0.497 e. The summed E-state index contributed by atoms with van der Waals surface area (Å²) < 4.78 is 15.0. The fourth-order valence-electron chi connectivity index (χ4n) is 2.25. The molecule has 0 aliphatic rings. The molecule has 1 N–H and O–H groups in total. The van der Waals surface area contributed by atoms with E-state index in [0.717, 1.165) is 22.8 Å². The maximum atomic E-state index is 12.5. The van der Waals surface area contributed by atoms with Crippen LogP contribution in [0.4, 0.5) is 5.13 Å². The van der Waals surface area contributed by atoms with E-state index < -0.39 is 0 Å². The Kier molecular flexibility index (Phi) is 5.25. The quantitative estimate of drug-likeness (QED) is 0.727. The normalized spacial score (nSPS) is 10.3. The third kappa shape index (κ3) is 3.95. The number of methoxy groups -OCH3 is 1. The van der Waals surface area contributed by atoms with E-state index >= 15 is 0 Å². The zero-order chi connectivity index (χ0) is 17.6. The number of hydrogen-bond donors (Lipinski definition) is 1. The van der Waals surface area contributed by atoms with Crippen LogP contribution in [0.15, 0.2) is 48.5 Å². The summed E-state index contributed by atoms with van der Waals surface area (Å²) in [7, 11) is 1.61. The van der Waals surface area contributed by atoms with Gasteiger partial charge in [0.15, 0.2) is 5.82 Å². The number of carbonyl (C=O) groups is 1. The Morgan fingerprint density at radius 2 is 2.04 bits per heavy atom. The summed E-state index contributed by atoms with van der Waals surface area (Å²) in [6.07, 6.45) is 0. The van der Waals surface area contributed by atoms with E-state index in [1.807, 2.05) is 37.3 Å². The number of benzene rings is 2. The van der Waals surface area contributed by atoms with E-state index in [9.17, 15) is 4.79 Å². The van der Waals surface area contributed by atoms with Gasteiger partial charge >= 0.3 is 0 Å². The van der Waals surface area contributed by atoms with Crippen molar-refractivity contribution in [3.05, 3.63) is 54.1 Å². The van der Waals surface area contributed by atoms with Crippen LogP contribution in [-0.2, 0) is 0 Å². The van der Waals surface area contributed by atoms with Crippen molar-refractivity contribution < 1.29 is 14.3 Å². The monoisotopic (exact) mass is 355 g/mol. The van der Waals surface area contributed by atoms with Crippen LogP contribution in [0.2, 0.25) is 0 Å². The molecule has 6 nitrogen and oxygen atoms in total. The molecule has 25 heavy (non-hydrogen) atoms. The van der Waals surface area contributed by atoms with Gasteiger partial charge in [-0.1, -0.05) is 24.3 Å². The van der Waals surface area contributed by atoms with E-state index in [-0.39, 0.29) is 5.91 Å². The highest BCUT2D eigenvalue weighted by atomic mass is 32.1. The third-order valence-electron chi connectivity index (χ3n) is 3.41. The molecule has 2 aromatic carbocycles. The molecule has 0 fully saturated rings. The van der Waals surface area contributed by atoms with Crippen LogP contribution in [0.3, 0.4) is 0 Å². The first-order chi connectivity index (χ1) is 12.2. The zero-order valence-electron chi connectivity index (χ0n) is 13.9. The minimum atomic E-state index is -0.280. The van der Waals surface area contributed by atoms with Gasteiger partial charge in [-0.3, -0.25) is 10.1 Å². The summed E-state index contributed by atoms with van der Waals surface area (Å²) in [5.74, 6) is 1.53. The van der Waals surface area contributed by atoms with Crippen molar-refractivity contribution in [1.82, 2.24) is 9.36 Å². The lowest BCUT2D eigenvalue weighted by molar-refractivity contribution is 0.102. The summed E-state index contributed by atoms with van der Waals surface area (Å²) in [4.78, 5) is 16.9. The van der Waals surface area contributed by atoms with Gasteiger partial charge in [0, 0.05) is 17.1 Å². The van der Waals surface area contributed by atoms with Gasteiger partial charge in [-0.2, -0.15) is 9.36 Å². The number of amides is 1. The molecule has 0 unspecified atom stereocenters. The molecule has 0 saturated heterocycles. The number of hydrogen-bond acceptors (Lipinski definition) is 6. The Morgan fingerprint density at radius 1 is 1.20 bits per heavy atom. The first-order valence-electron chi connectivity index (χ1n) is 7.72. The molecule has 0 spiro atoms. The van der Waals surface area contributed by atoms with Crippen molar-refractivity contribution in [2.24, 2.45) is 0 Å².